The second-order valence-corrected chi connectivity index (χ2v) is 9.83. The number of carbonyl (C=O) groups is 4. The quantitative estimate of drug-likeness (QED) is 0.333. The van der Waals surface area contributed by atoms with Crippen molar-refractivity contribution in [2.24, 2.45) is 11.8 Å². The maximum Gasteiger partial charge on any atom is 0.255 e. The first-order chi connectivity index (χ1) is 18.4. The number of nitrogens with zero attached hydrogens (tertiary/aromatic N) is 1. The second kappa shape index (κ2) is 10.8. The number of hydrogen-bond donors (Lipinski definition) is 2. The zero-order valence-corrected chi connectivity index (χ0v) is 21.1. The molecule has 1 fully saturated rings. The smallest absolute Gasteiger partial charge is 0.255 e. The van der Waals surface area contributed by atoms with Gasteiger partial charge in [-0.05, 0) is 74.2 Å². The van der Waals surface area contributed by atoms with E-state index >= 15 is 0 Å². The maximum absolute atomic E-state index is 12.9. The van der Waals surface area contributed by atoms with Crippen LogP contribution in [0.4, 0.5) is 17.1 Å². The van der Waals surface area contributed by atoms with E-state index in [0.717, 1.165) is 11.1 Å². The lowest BCUT2D eigenvalue weighted by atomic mass is 9.82. The lowest BCUT2D eigenvalue weighted by Gasteiger charge is -2.18. The Hall–Kier alpha value is -4.52. The van der Waals surface area contributed by atoms with Gasteiger partial charge in [0.05, 0.1) is 17.5 Å². The summed E-state index contributed by atoms with van der Waals surface area (Å²) in [6.07, 6.45) is 4.23. The van der Waals surface area contributed by atoms with Gasteiger partial charge in [-0.25, -0.2) is 0 Å². The molecule has 0 unspecified atom stereocenters. The van der Waals surface area contributed by atoms with Gasteiger partial charge in [0.25, 0.3) is 5.91 Å². The summed E-state index contributed by atoms with van der Waals surface area (Å²) in [6.45, 7) is 1.99. The third kappa shape index (κ3) is 5.42. The van der Waals surface area contributed by atoms with Gasteiger partial charge in [-0.3, -0.25) is 24.1 Å². The number of amides is 4. The van der Waals surface area contributed by atoms with E-state index in [1.807, 2.05) is 43.3 Å². The third-order valence-corrected chi connectivity index (χ3v) is 7.10. The average Bonchev–Trinajstić information content (AvgIpc) is 3.17. The van der Waals surface area contributed by atoms with Crippen LogP contribution >= 0.6 is 0 Å². The van der Waals surface area contributed by atoms with Gasteiger partial charge in [0, 0.05) is 23.4 Å². The molecule has 0 aromatic heterocycles. The van der Waals surface area contributed by atoms with E-state index in [4.69, 9.17) is 0 Å². The van der Waals surface area contributed by atoms with Crippen molar-refractivity contribution < 1.29 is 19.2 Å². The van der Waals surface area contributed by atoms with Crippen molar-refractivity contribution in [3.05, 3.63) is 102 Å². The van der Waals surface area contributed by atoms with Crippen LogP contribution in [0, 0.1) is 11.8 Å². The zero-order chi connectivity index (χ0) is 26.6. The Bertz CT molecular complexity index is 1410. The number of aryl methyl sites for hydroxylation is 1. The van der Waals surface area contributed by atoms with Gasteiger partial charge in [0.15, 0.2) is 0 Å². The van der Waals surface area contributed by atoms with E-state index in [2.05, 4.69) is 10.6 Å². The average molecular weight is 508 g/mol. The molecule has 0 saturated carbocycles. The Morgan fingerprint density at radius 1 is 0.842 bits per heavy atom. The van der Waals surface area contributed by atoms with E-state index < -0.39 is 0 Å². The minimum Gasteiger partial charge on any atom is -0.326 e. The Balaban J connectivity index is 1.19. The highest BCUT2D eigenvalue weighted by molar-refractivity contribution is 6.22. The first-order valence-corrected chi connectivity index (χ1v) is 12.8. The molecule has 1 aliphatic carbocycles. The molecule has 2 N–H and O–H groups in total. The van der Waals surface area contributed by atoms with E-state index in [1.54, 1.807) is 48.5 Å². The molecule has 5 rings (SSSR count). The monoisotopic (exact) mass is 507 g/mol. The van der Waals surface area contributed by atoms with Gasteiger partial charge in [0.2, 0.25) is 17.7 Å². The van der Waals surface area contributed by atoms with Crippen LogP contribution < -0.4 is 15.5 Å². The van der Waals surface area contributed by atoms with E-state index in [9.17, 15) is 19.2 Å². The maximum atomic E-state index is 12.9. The summed E-state index contributed by atoms with van der Waals surface area (Å²) in [6, 6.07) is 23.2. The lowest BCUT2D eigenvalue weighted by Crippen LogP contribution is -2.30. The van der Waals surface area contributed by atoms with E-state index in [0.29, 0.717) is 48.3 Å². The largest absolute Gasteiger partial charge is 0.326 e. The summed E-state index contributed by atoms with van der Waals surface area (Å²) in [4.78, 5) is 52.3. The Labute approximate surface area is 221 Å². The Kier molecular flexibility index (Phi) is 7.18. The van der Waals surface area contributed by atoms with Crippen molar-refractivity contribution >= 4 is 40.7 Å². The van der Waals surface area contributed by atoms with Crippen molar-refractivity contribution in [1.29, 1.82) is 0 Å². The zero-order valence-electron chi connectivity index (χ0n) is 21.1. The fourth-order valence-electron chi connectivity index (χ4n) is 5.06. The SMILES string of the molecule is CC1=CC[C@H]2C(=O)N(c3ccc(C(=O)Nc4cccc(NC(=O)CCc5ccccc5)c4)cc3)C(=O)[C@H]2C1. The molecule has 1 saturated heterocycles. The molecule has 0 radical (unpaired) electrons. The highest BCUT2D eigenvalue weighted by Gasteiger charge is 2.48. The molecule has 3 aromatic rings. The highest BCUT2D eigenvalue weighted by Crippen LogP contribution is 2.39. The number of fused-ring (bicyclic) bond motifs is 1. The molecule has 7 nitrogen and oxygen atoms in total. The molecule has 1 aliphatic heterocycles. The van der Waals surface area contributed by atoms with Gasteiger partial charge >= 0.3 is 0 Å². The molecular formula is C31H29N3O4. The number of imide groups is 1. The van der Waals surface area contributed by atoms with E-state index in [1.165, 1.54) is 4.90 Å². The van der Waals surface area contributed by atoms with Crippen LogP contribution in [-0.2, 0) is 20.8 Å². The fraction of sp³-hybridized carbons (Fsp3) is 0.226. The Morgan fingerprint density at radius 2 is 1.53 bits per heavy atom. The molecule has 192 valence electrons. The van der Waals surface area contributed by atoms with Crippen LogP contribution in [-0.4, -0.2) is 23.6 Å². The summed E-state index contributed by atoms with van der Waals surface area (Å²) in [7, 11) is 0. The number of carbonyl (C=O) groups excluding carboxylic acids is 4. The molecule has 3 aromatic carbocycles. The standard InChI is InChI=1S/C31H29N3O4/c1-20-10-16-26-27(18-20)31(38)34(30(26)37)25-14-12-22(13-15-25)29(36)33-24-9-5-8-23(19-24)32-28(35)17-11-21-6-3-2-4-7-21/h2-10,12-15,19,26-27H,11,16-18H2,1H3,(H,32,35)(H,33,36)/t26-,27+/m1/s1. The van der Waals surface area contributed by atoms with Crippen molar-refractivity contribution in [3.8, 4) is 0 Å². The third-order valence-electron chi connectivity index (χ3n) is 7.10. The van der Waals surface area contributed by atoms with Crippen LogP contribution in [0.5, 0.6) is 0 Å². The number of rotatable bonds is 7. The van der Waals surface area contributed by atoms with Gasteiger partial charge in [0.1, 0.15) is 0 Å². The lowest BCUT2D eigenvalue weighted by molar-refractivity contribution is -0.122. The number of hydrogen-bond acceptors (Lipinski definition) is 4. The topological polar surface area (TPSA) is 95.6 Å². The van der Waals surface area contributed by atoms with E-state index in [-0.39, 0.29) is 35.5 Å². The fourth-order valence-corrected chi connectivity index (χ4v) is 5.06. The molecule has 38 heavy (non-hydrogen) atoms. The van der Waals surface area contributed by atoms with Gasteiger partial charge in [-0.15, -0.1) is 0 Å². The summed E-state index contributed by atoms with van der Waals surface area (Å²) in [5.74, 6) is -1.40. The van der Waals surface area contributed by atoms with Crippen molar-refractivity contribution in [3.63, 3.8) is 0 Å². The second-order valence-electron chi connectivity index (χ2n) is 9.83. The van der Waals surface area contributed by atoms with Gasteiger partial charge in [-0.2, -0.15) is 0 Å². The van der Waals surface area contributed by atoms with Crippen LogP contribution in [0.3, 0.4) is 0 Å². The minimum atomic E-state index is -0.336. The molecule has 0 bridgehead atoms. The van der Waals surface area contributed by atoms with Gasteiger partial charge < -0.3 is 10.6 Å². The van der Waals surface area contributed by atoms with Crippen LogP contribution in [0.25, 0.3) is 0 Å². The molecule has 4 amide bonds. The van der Waals surface area contributed by atoms with Crippen molar-refractivity contribution in [2.75, 3.05) is 15.5 Å². The molecule has 1 heterocycles. The molecule has 7 heteroatoms. The molecule has 2 atom stereocenters. The summed E-state index contributed by atoms with van der Waals surface area (Å²) in [5, 5.41) is 5.71. The molecule has 0 spiro atoms. The summed E-state index contributed by atoms with van der Waals surface area (Å²) >= 11 is 0. The van der Waals surface area contributed by atoms with Gasteiger partial charge in [-0.1, -0.05) is 48.0 Å². The number of anilines is 3. The summed E-state index contributed by atoms with van der Waals surface area (Å²) < 4.78 is 0. The molecular weight excluding hydrogens is 478 g/mol. The van der Waals surface area contributed by atoms with Crippen LogP contribution in [0.15, 0.2) is 90.5 Å². The highest BCUT2D eigenvalue weighted by atomic mass is 16.2. The predicted octanol–water partition coefficient (Wildman–Crippen LogP) is 5.36. The van der Waals surface area contributed by atoms with Crippen LogP contribution in [0.2, 0.25) is 0 Å². The van der Waals surface area contributed by atoms with Crippen molar-refractivity contribution in [2.45, 2.75) is 32.6 Å². The number of allylic oxidation sites excluding steroid dienone is 2. The van der Waals surface area contributed by atoms with Crippen molar-refractivity contribution in [1.82, 2.24) is 0 Å². The van der Waals surface area contributed by atoms with Crippen LogP contribution in [0.1, 0.15) is 42.1 Å². The molecule has 2 aliphatic rings. The number of benzene rings is 3. The normalized spacial score (nSPS) is 18.6. The number of nitrogens with one attached hydrogen (secondary N) is 2. The predicted molar refractivity (Wildman–Crippen MR) is 147 cm³/mol. The summed E-state index contributed by atoms with van der Waals surface area (Å²) in [5.41, 5.74) is 4.23. The minimum absolute atomic E-state index is 0.107. The Morgan fingerprint density at radius 3 is 2.26 bits per heavy atom. The first kappa shape index (κ1) is 25.1. The first-order valence-electron chi connectivity index (χ1n) is 12.8.